The first-order chi connectivity index (χ1) is 14.7. The number of nitrogens with one attached hydrogen (secondary N) is 1. The Morgan fingerprint density at radius 1 is 0.968 bits per heavy atom. The maximum atomic E-state index is 13.2. The molecule has 160 valence electrons. The Kier molecular flexibility index (Phi) is 5.67. The zero-order chi connectivity index (χ0) is 22.2. The number of fused-ring (bicyclic) bond motifs is 1. The monoisotopic (exact) mass is 443 g/mol. The lowest BCUT2D eigenvalue weighted by Gasteiger charge is -2.15. The maximum absolute atomic E-state index is 13.2. The van der Waals surface area contributed by atoms with Crippen LogP contribution in [0.5, 0.6) is 0 Å². The van der Waals surface area contributed by atoms with Crippen LogP contribution in [-0.2, 0) is 12.7 Å². The van der Waals surface area contributed by atoms with Crippen LogP contribution in [0.15, 0.2) is 66.7 Å². The van der Waals surface area contributed by atoms with Crippen LogP contribution in [0.1, 0.15) is 31.0 Å². The van der Waals surface area contributed by atoms with Crippen LogP contribution in [0.4, 0.5) is 19.1 Å². The average molecular weight is 444 g/mol. The summed E-state index contributed by atoms with van der Waals surface area (Å²) in [5, 5.41) is 3.29. The number of halogens is 4. The van der Waals surface area contributed by atoms with Gasteiger partial charge in [-0.1, -0.05) is 66.2 Å². The molecule has 0 aliphatic heterocycles. The van der Waals surface area contributed by atoms with Crippen LogP contribution in [0.25, 0.3) is 22.2 Å². The van der Waals surface area contributed by atoms with Crippen LogP contribution in [-0.4, -0.2) is 9.55 Å². The van der Waals surface area contributed by atoms with Crippen LogP contribution in [0, 0.1) is 0 Å². The van der Waals surface area contributed by atoms with Gasteiger partial charge in [0.1, 0.15) is 0 Å². The van der Waals surface area contributed by atoms with Gasteiger partial charge in [-0.25, -0.2) is 4.98 Å². The molecule has 0 fully saturated rings. The van der Waals surface area contributed by atoms with E-state index in [0.29, 0.717) is 18.0 Å². The van der Waals surface area contributed by atoms with Crippen LogP contribution in [0.2, 0.25) is 5.02 Å². The lowest BCUT2D eigenvalue weighted by atomic mass is 10.0. The van der Waals surface area contributed by atoms with Crippen molar-refractivity contribution in [3.05, 3.63) is 82.9 Å². The first-order valence-electron chi connectivity index (χ1n) is 9.91. The molecule has 0 saturated carbocycles. The Labute approximate surface area is 183 Å². The van der Waals surface area contributed by atoms with Crippen molar-refractivity contribution in [2.75, 3.05) is 5.32 Å². The summed E-state index contributed by atoms with van der Waals surface area (Å²) in [6.45, 7) is 4.36. The number of imidazole rings is 1. The maximum Gasteiger partial charge on any atom is 0.416 e. The molecule has 4 aromatic rings. The molecule has 0 aliphatic carbocycles. The highest BCUT2D eigenvalue weighted by molar-refractivity contribution is 6.35. The molecule has 0 saturated heterocycles. The minimum absolute atomic E-state index is 0.0336. The van der Waals surface area contributed by atoms with Gasteiger partial charge in [0.15, 0.2) is 0 Å². The van der Waals surface area contributed by atoms with Crippen molar-refractivity contribution in [1.82, 2.24) is 9.55 Å². The molecule has 0 atom stereocenters. The highest BCUT2D eigenvalue weighted by atomic mass is 35.5. The van der Waals surface area contributed by atoms with E-state index in [9.17, 15) is 13.2 Å². The summed E-state index contributed by atoms with van der Waals surface area (Å²) < 4.78 is 41.4. The van der Waals surface area contributed by atoms with Gasteiger partial charge in [-0.05, 0) is 42.7 Å². The molecule has 1 aromatic heterocycles. The Balaban J connectivity index is 1.62. The van der Waals surface area contributed by atoms with Crippen molar-refractivity contribution in [2.24, 2.45) is 0 Å². The number of nitrogens with zero attached hydrogens (tertiary/aromatic N) is 2. The number of hydrogen-bond donors (Lipinski definition) is 1. The van der Waals surface area contributed by atoms with Gasteiger partial charge in [-0.15, -0.1) is 0 Å². The third-order valence-electron chi connectivity index (χ3n) is 5.09. The number of rotatable bonds is 5. The zero-order valence-corrected chi connectivity index (χ0v) is 17.8. The van der Waals surface area contributed by atoms with Crippen molar-refractivity contribution in [1.29, 1.82) is 0 Å². The molecule has 0 aliphatic rings. The fourth-order valence-corrected chi connectivity index (χ4v) is 3.91. The summed E-state index contributed by atoms with van der Waals surface area (Å²) in [4.78, 5) is 4.42. The van der Waals surface area contributed by atoms with Gasteiger partial charge in [0.05, 0.1) is 21.6 Å². The predicted molar refractivity (Wildman–Crippen MR) is 119 cm³/mol. The lowest BCUT2D eigenvalue weighted by molar-refractivity contribution is -0.137. The summed E-state index contributed by atoms with van der Waals surface area (Å²) in [5.41, 5.74) is 3.19. The number of anilines is 1. The van der Waals surface area contributed by atoms with Crippen molar-refractivity contribution >= 4 is 28.6 Å². The first kappa shape index (κ1) is 21.2. The normalized spacial score (nSPS) is 12.0. The molecular formula is C24H21ClF3N3. The van der Waals surface area contributed by atoms with Gasteiger partial charge < -0.3 is 9.88 Å². The fraction of sp³-hybridized carbons (Fsp3) is 0.208. The molecule has 3 nitrogen and oxygen atoms in total. The van der Waals surface area contributed by atoms with Crippen molar-refractivity contribution < 1.29 is 13.2 Å². The van der Waals surface area contributed by atoms with E-state index in [1.54, 1.807) is 0 Å². The minimum atomic E-state index is -4.48. The van der Waals surface area contributed by atoms with Gasteiger partial charge in [-0.2, -0.15) is 13.2 Å². The molecule has 4 rings (SSSR count). The van der Waals surface area contributed by atoms with E-state index < -0.39 is 11.7 Å². The minimum Gasteiger partial charge on any atom is -0.352 e. The largest absolute Gasteiger partial charge is 0.416 e. The molecule has 0 radical (unpaired) electrons. The molecule has 7 heteroatoms. The van der Waals surface area contributed by atoms with E-state index in [1.807, 2.05) is 60.9 Å². The second-order valence-electron chi connectivity index (χ2n) is 7.64. The van der Waals surface area contributed by atoms with Crippen molar-refractivity contribution in [2.45, 2.75) is 32.6 Å². The van der Waals surface area contributed by atoms with Crippen molar-refractivity contribution in [3.8, 4) is 11.1 Å². The quantitative estimate of drug-likeness (QED) is 0.344. The van der Waals surface area contributed by atoms with E-state index >= 15 is 0 Å². The predicted octanol–water partition coefficient (Wildman–Crippen LogP) is 7.57. The molecule has 1 heterocycles. The van der Waals surface area contributed by atoms with Gasteiger partial charge in [0, 0.05) is 12.6 Å². The number of hydrogen-bond acceptors (Lipinski definition) is 2. The average Bonchev–Trinajstić information content (AvgIpc) is 3.12. The van der Waals surface area contributed by atoms with Gasteiger partial charge >= 0.3 is 6.18 Å². The highest BCUT2D eigenvalue weighted by Gasteiger charge is 2.32. The summed E-state index contributed by atoms with van der Waals surface area (Å²) in [5.74, 6) is 0.485. The first-order valence-corrected chi connectivity index (χ1v) is 10.3. The molecule has 0 unspecified atom stereocenters. The van der Waals surface area contributed by atoms with Crippen molar-refractivity contribution in [3.63, 3.8) is 0 Å². The van der Waals surface area contributed by atoms with E-state index in [2.05, 4.69) is 22.4 Å². The summed E-state index contributed by atoms with van der Waals surface area (Å²) in [6.07, 6.45) is -4.48. The summed E-state index contributed by atoms with van der Waals surface area (Å²) >= 11 is 6.23. The number of alkyl halides is 3. The highest BCUT2D eigenvalue weighted by Crippen LogP contribution is 2.37. The summed E-state index contributed by atoms with van der Waals surface area (Å²) in [6, 6.07) is 20.2. The SMILES string of the molecule is CC(C)n1c(NCc2ccc(-c3ccccc3)cc2)nc2cc(C(F)(F)F)cc(Cl)c21. The van der Waals surface area contributed by atoms with E-state index in [0.717, 1.165) is 28.8 Å². The Hall–Kier alpha value is -2.99. The fourth-order valence-electron chi connectivity index (χ4n) is 3.60. The van der Waals surface area contributed by atoms with Crippen LogP contribution < -0.4 is 5.32 Å². The number of aromatic nitrogens is 2. The summed E-state index contributed by atoms with van der Waals surface area (Å²) in [7, 11) is 0. The third kappa shape index (κ3) is 4.39. The lowest BCUT2D eigenvalue weighted by Crippen LogP contribution is -2.09. The zero-order valence-electron chi connectivity index (χ0n) is 17.0. The second kappa shape index (κ2) is 8.27. The standard InChI is InChI=1S/C24H21ClF3N3/c1-15(2)31-22-20(25)12-19(24(26,27)28)13-21(22)30-23(31)29-14-16-8-10-18(11-9-16)17-6-4-3-5-7-17/h3-13,15H,14H2,1-2H3,(H,29,30). The second-order valence-corrected chi connectivity index (χ2v) is 8.05. The third-order valence-corrected chi connectivity index (χ3v) is 5.38. The van der Waals surface area contributed by atoms with E-state index in [1.165, 1.54) is 0 Å². The number of benzene rings is 3. The molecule has 31 heavy (non-hydrogen) atoms. The van der Waals surface area contributed by atoms with E-state index in [4.69, 9.17) is 11.6 Å². The van der Waals surface area contributed by atoms with Gasteiger partial charge in [0.2, 0.25) is 5.95 Å². The smallest absolute Gasteiger partial charge is 0.352 e. The topological polar surface area (TPSA) is 29.9 Å². The molecule has 3 aromatic carbocycles. The molecule has 0 spiro atoms. The molecule has 0 bridgehead atoms. The Morgan fingerprint density at radius 2 is 1.61 bits per heavy atom. The molecule has 1 N–H and O–H groups in total. The molecule has 0 amide bonds. The molecular weight excluding hydrogens is 423 g/mol. The van der Waals surface area contributed by atoms with E-state index in [-0.39, 0.29) is 16.6 Å². The van der Waals surface area contributed by atoms with Crippen LogP contribution >= 0.6 is 11.6 Å². The Bertz CT molecular complexity index is 1200. The Morgan fingerprint density at radius 3 is 2.23 bits per heavy atom. The van der Waals surface area contributed by atoms with Crippen LogP contribution in [0.3, 0.4) is 0 Å². The van der Waals surface area contributed by atoms with Gasteiger partial charge in [0.25, 0.3) is 0 Å². The van der Waals surface area contributed by atoms with Gasteiger partial charge in [-0.3, -0.25) is 0 Å².